The average molecular weight is 481 g/mol. The zero-order valence-corrected chi connectivity index (χ0v) is 18.4. The van der Waals surface area contributed by atoms with Crippen molar-refractivity contribution in [2.24, 2.45) is 0 Å². The third kappa shape index (κ3) is 6.58. The SMILES string of the molecule is COc1ccc(-c2cc(C(F)(F)F)nc(SCC(=O)NCc3ccc(F)cc3)n2)cc1OC. The molecule has 1 aromatic heterocycles. The topological polar surface area (TPSA) is 73.3 Å². The maximum absolute atomic E-state index is 13.4. The first kappa shape index (κ1) is 24.3. The van der Waals surface area contributed by atoms with Crippen LogP contribution in [0.1, 0.15) is 11.3 Å². The van der Waals surface area contributed by atoms with Crippen molar-refractivity contribution in [3.05, 3.63) is 65.6 Å². The maximum atomic E-state index is 13.4. The van der Waals surface area contributed by atoms with Crippen molar-refractivity contribution in [3.63, 3.8) is 0 Å². The van der Waals surface area contributed by atoms with Crippen LogP contribution in [0.5, 0.6) is 11.5 Å². The molecule has 0 aliphatic carbocycles. The van der Waals surface area contributed by atoms with Crippen LogP contribution >= 0.6 is 11.8 Å². The van der Waals surface area contributed by atoms with Crippen LogP contribution in [0, 0.1) is 5.82 Å². The highest BCUT2D eigenvalue weighted by molar-refractivity contribution is 7.99. The van der Waals surface area contributed by atoms with Crippen LogP contribution in [0.25, 0.3) is 11.3 Å². The monoisotopic (exact) mass is 481 g/mol. The van der Waals surface area contributed by atoms with Gasteiger partial charge in [0.25, 0.3) is 0 Å². The Bertz CT molecular complexity index is 1120. The van der Waals surface area contributed by atoms with Gasteiger partial charge < -0.3 is 14.8 Å². The van der Waals surface area contributed by atoms with Gasteiger partial charge in [-0.25, -0.2) is 14.4 Å². The molecule has 33 heavy (non-hydrogen) atoms. The van der Waals surface area contributed by atoms with E-state index in [1.165, 1.54) is 44.6 Å². The zero-order valence-electron chi connectivity index (χ0n) is 17.6. The second-order valence-corrected chi connectivity index (χ2v) is 7.62. The lowest BCUT2D eigenvalue weighted by atomic mass is 10.1. The van der Waals surface area contributed by atoms with E-state index in [1.807, 2.05) is 0 Å². The zero-order chi connectivity index (χ0) is 24.0. The Balaban J connectivity index is 1.77. The number of carbonyl (C=O) groups excluding carboxylic acids is 1. The van der Waals surface area contributed by atoms with Gasteiger partial charge >= 0.3 is 6.18 Å². The molecule has 3 rings (SSSR count). The van der Waals surface area contributed by atoms with Crippen LogP contribution in [0.4, 0.5) is 17.6 Å². The minimum Gasteiger partial charge on any atom is -0.493 e. The molecular formula is C22H19F4N3O3S. The minimum absolute atomic E-state index is 0.0208. The van der Waals surface area contributed by atoms with Gasteiger partial charge in [0.1, 0.15) is 11.5 Å². The molecule has 1 heterocycles. The summed E-state index contributed by atoms with van der Waals surface area (Å²) in [5.74, 6) is -0.283. The summed E-state index contributed by atoms with van der Waals surface area (Å²) in [6.45, 7) is 0.153. The van der Waals surface area contributed by atoms with Gasteiger partial charge in [0.05, 0.1) is 25.7 Å². The molecule has 0 aliphatic heterocycles. The average Bonchev–Trinajstić information content (AvgIpc) is 2.81. The Morgan fingerprint density at radius 1 is 1.00 bits per heavy atom. The van der Waals surface area contributed by atoms with E-state index in [1.54, 1.807) is 12.1 Å². The number of benzene rings is 2. The van der Waals surface area contributed by atoms with Gasteiger partial charge in [0.2, 0.25) is 5.91 Å². The van der Waals surface area contributed by atoms with Gasteiger partial charge in [-0.15, -0.1) is 0 Å². The molecule has 0 bridgehead atoms. The number of alkyl halides is 3. The molecule has 0 aliphatic rings. The van der Waals surface area contributed by atoms with Gasteiger partial charge in [0, 0.05) is 12.1 Å². The number of aromatic nitrogens is 2. The molecule has 1 N–H and O–H groups in total. The van der Waals surface area contributed by atoms with E-state index in [2.05, 4.69) is 15.3 Å². The molecule has 3 aromatic rings. The summed E-state index contributed by atoms with van der Waals surface area (Å²) < 4.78 is 63.5. The summed E-state index contributed by atoms with van der Waals surface area (Å²) >= 11 is 0.773. The molecular weight excluding hydrogens is 462 g/mol. The second kappa shape index (κ2) is 10.5. The highest BCUT2D eigenvalue weighted by atomic mass is 32.2. The lowest BCUT2D eigenvalue weighted by Gasteiger charge is -2.12. The van der Waals surface area contributed by atoms with Gasteiger partial charge in [-0.1, -0.05) is 23.9 Å². The molecule has 0 saturated heterocycles. The standard InChI is InChI=1S/C22H19F4N3O3S/c1-31-17-8-5-14(9-18(17)32-2)16-10-19(22(24,25)26)29-21(28-16)33-12-20(30)27-11-13-3-6-15(23)7-4-13/h3-10H,11-12H2,1-2H3,(H,27,30). The second-order valence-electron chi connectivity index (χ2n) is 6.68. The highest BCUT2D eigenvalue weighted by Gasteiger charge is 2.34. The Kier molecular flexibility index (Phi) is 7.75. The van der Waals surface area contributed by atoms with Gasteiger partial charge in [-0.2, -0.15) is 13.2 Å². The van der Waals surface area contributed by atoms with Crippen LogP contribution in [0.2, 0.25) is 0 Å². The lowest BCUT2D eigenvalue weighted by molar-refractivity contribution is -0.141. The number of thioether (sulfide) groups is 1. The Morgan fingerprint density at radius 3 is 2.33 bits per heavy atom. The minimum atomic E-state index is -4.70. The number of hydrogen-bond donors (Lipinski definition) is 1. The van der Waals surface area contributed by atoms with Crippen LogP contribution in [-0.2, 0) is 17.5 Å². The predicted octanol–water partition coefficient (Wildman–Crippen LogP) is 4.73. The van der Waals surface area contributed by atoms with Crippen LogP contribution in [0.15, 0.2) is 53.7 Å². The summed E-state index contributed by atoms with van der Waals surface area (Å²) in [4.78, 5) is 19.9. The number of ether oxygens (including phenoxy) is 2. The van der Waals surface area contributed by atoms with E-state index in [-0.39, 0.29) is 23.1 Å². The first-order valence-electron chi connectivity index (χ1n) is 9.52. The maximum Gasteiger partial charge on any atom is 0.433 e. The fourth-order valence-corrected chi connectivity index (χ4v) is 3.45. The summed E-state index contributed by atoms with van der Waals surface area (Å²) in [5.41, 5.74) is -0.0621. The molecule has 1 amide bonds. The van der Waals surface area contributed by atoms with Gasteiger partial charge in [-0.05, 0) is 42.0 Å². The molecule has 0 spiro atoms. The predicted molar refractivity (Wildman–Crippen MR) is 115 cm³/mol. The van der Waals surface area contributed by atoms with Crippen molar-refractivity contribution in [3.8, 4) is 22.8 Å². The number of rotatable bonds is 8. The number of amides is 1. The summed E-state index contributed by atoms with van der Waals surface area (Å²) in [6, 6.07) is 11.0. The third-order valence-electron chi connectivity index (χ3n) is 4.41. The number of carbonyl (C=O) groups is 1. The van der Waals surface area contributed by atoms with Gasteiger partial charge in [0.15, 0.2) is 16.7 Å². The van der Waals surface area contributed by atoms with Crippen LogP contribution < -0.4 is 14.8 Å². The summed E-state index contributed by atoms with van der Waals surface area (Å²) in [5, 5.41) is 2.41. The van der Waals surface area contributed by atoms with Crippen LogP contribution in [-0.4, -0.2) is 35.8 Å². The summed E-state index contributed by atoms with van der Waals surface area (Å²) in [6.07, 6.45) is -4.70. The fraction of sp³-hybridized carbons (Fsp3) is 0.227. The van der Waals surface area contributed by atoms with Crippen molar-refractivity contribution in [2.45, 2.75) is 17.9 Å². The van der Waals surface area contributed by atoms with E-state index < -0.39 is 23.6 Å². The number of halogens is 4. The number of nitrogens with zero attached hydrogens (tertiary/aromatic N) is 2. The van der Waals surface area contributed by atoms with Crippen molar-refractivity contribution in [1.82, 2.24) is 15.3 Å². The van der Waals surface area contributed by atoms with E-state index >= 15 is 0 Å². The Morgan fingerprint density at radius 2 is 1.70 bits per heavy atom. The quantitative estimate of drug-likeness (QED) is 0.285. The van der Waals surface area contributed by atoms with E-state index in [0.29, 0.717) is 22.6 Å². The molecule has 2 aromatic carbocycles. The van der Waals surface area contributed by atoms with E-state index in [9.17, 15) is 22.4 Å². The molecule has 0 fully saturated rings. The van der Waals surface area contributed by atoms with Crippen LogP contribution in [0.3, 0.4) is 0 Å². The smallest absolute Gasteiger partial charge is 0.433 e. The van der Waals surface area contributed by atoms with Crippen molar-refractivity contribution >= 4 is 17.7 Å². The number of methoxy groups -OCH3 is 2. The Labute approximate surface area is 191 Å². The first-order valence-corrected chi connectivity index (χ1v) is 10.5. The Hall–Kier alpha value is -3.34. The third-order valence-corrected chi connectivity index (χ3v) is 5.26. The van der Waals surface area contributed by atoms with Gasteiger partial charge in [-0.3, -0.25) is 4.79 Å². The first-order chi connectivity index (χ1) is 15.7. The molecule has 0 radical (unpaired) electrons. The molecule has 0 unspecified atom stereocenters. The van der Waals surface area contributed by atoms with Crippen molar-refractivity contribution in [1.29, 1.82) is 0 Å². The highest BCUT2D eigenvalue weighted by Crippen LogP contribution is 2.35. The fourth-order valence-electron chi connectivity index (χ4n) is 2.76. The number of nitrogens with one attached hydrogen (secondary N) is 1. The molecule has 11 heteroatoms. The molecule has 6 nitrogen and oxygen atoms in total. The number of hydrogen-bond acceptors (Lipinski definition) is 6. The molecule has 0 saturated carbocycles. The molecule has 174 valence electrons. The normalized spacial score (nSPS) is 11.2. The molecule has 0 atom stereocenters. The largest absolute Gasteiger partial charge is 0.493 e. The van der Waals surface area contributed by atoms with Crippen molar-refractivity contribution < 1.29 is 31.8 Å². The van der Waals surface area contributed by atoms with Crippen molar-refractivity contribution in [2.75, 3.05) is 20.0 Å². The summed E-state index contributed by atoms with van der Waals surface area (Å²) in [7, 11) is 2.86. The lowest BCUT2D eigenvalue weighted by Crippen LogP contribution is -2.24. The van der Waals surface area contributed by atoms with E-state index in [0.717, 1.165) is 17.8 Å². The van der Waals surface area contributed by atoms with E-state index in [4.69, 9.17) is 9.47 Å².